The van der Waals surface area contributed by atoms with E-state index in [1.807, 2.05) is 4.68 Å². The Morgan fingerprint density at radius 2 is 2.23 bits per heavy atom. The second-order valence-electron chi connectivity index (χ2n) is 3.59. The molecule has 0 amide bonds. The van der Waals surface area contributed by atoms with Crippen molar-refractivity contribution in [2.75, 3.05) is 13.1 Å². The lowest BCUT2D eigenvalue weighted by molar-refractivity contribution is 0.505. The van der Waals surface area contributed by atoms with Crippen LogP contribution >= 0.6 is 0 Å². The zero-order chi connectivity index (χ0) is 9.52. The summed E-state index contributed by atoms with van der Waals surface area (Å²) >= 11 is 0. The molecule has 1 N–H and O–H groups in total. The van der Waals surface area contributed by atoms with Crippen LogP contribution in [0.4, 0.5) is 0 Å². The molecular formula is C9H18N4. The highest BCUT2D eigenvalue weighted by molar-refractivity contribution is 4.57. The smallest absolute Gasteiger partial charge is 0.137 e. The van der Waals surface area contributed by atoms with Crippen molar-refractivity contribution >= 4 is 0 Å². The van der Waals surface area contributed by atoms with Crippen LogP contribution in [-0.2, 0) is 6.54 Å². The molecule has 1 aromatic rings. The number of hydrogen-bond acceptors (Lipinski definition) is 3. The molecule has 1 aromatic heterocycles. The molecule has 0 aliphatic carbocycles. The third kappa shape index (κ3) is 4.62. The molecule has 0 bridgehead atoms. The van der Waals surface area contributed by atoms with E-state index < -0.39 is 0 Å². The van der Waals surface area contributed by atoms with Gasteiger partial charge in [-0.05, 0) is 18.9 Å². The van der Waals surface area contributed by atoms with Crippen molar-refractivity contribution in [3.63, 3.8) is 0 Å². The van der Waals surface area contributed by atoms with Crippen molar-refractivity contribution in [3.05, 3.63) is 12.7 Å². The first-order valence-electron chi connectivity index (χ1n) is 4.82. The van der Waals surface area contributed by atoms with Crippen LogP contribution in [0.2, 0.25) is 0 Å². The maximum absolute atomic E-state index is 4.01. The lowest BCUT2D eigenvalue weighted by atomic mass is 10.1. The summed E-state index contributed by atoms with van der Waals surface area (Å²) in [5.74, 6) is 0.777. The fraction of sp³-hybridized carbons (Fsp3) is 0.778. The van der Waals surface area contributed by atoms with Crippen LogP contribution in [0.3, 0.4) is 0 Å². The lowest BCUT2D eigenvalue weighted by Gasteiger charge is -2.06. The minimum absolute atomic E-state index is 0.777. The summed E-state index contributed by atoms with van der Waals surface area (Å²) in [7, 11) is 0. The molecule has 0 aliphatic heterocycles. The van der Waals surface area contributed by atoms with Gasteiger partial charge in [0, 0.05) is 6.54 Å². The lowest BCUT2D eigenvalue weighted by Crippen LogP contribution is -2.22. The molecule has 0 unspecified atom stereocenters. The Labute approximate surface area is 79.4 Å². The van der Waals surface area contributed by atoms with Crippen LogP contribution in [0, 0.1) is 5.92 Å². The van der Waals surface area contributed by atoms with Crippen molar-refractivity contribution in [1.82, 2.24) is 20.1 Å². The highest BCUT2D eigenvalue weighted by Crippen LogP contribution is 1.95. The molecule has 1 rings (SSSR count). The summed E-state index contributed by atoms with van der Waals surface area (Å²) in [5, 5.41) is 7.38. The van der Waals surface area contributed by atoms with E-state index in [4.69, 9.17) is 0 Å². The topological polar surface area (TPSA) is 42.7 Å². The third-order valence-corrected chi connectivity index (χ3v) is 1.88. The maximum Gasteiger partial charge on any atom is 0.137 e. The van der Waals surface area contributed by atoms with Crippen LogP contribution in [0.5, 0.6) is 0 Å². The first-order chi connectivity index (χ1) is 6.29. The molecule has 4 heteroatoms. The van der Waals surface area contributed by atoms with Gasteiger partial charge in [0.25, 0.3) is 0 Å². The van der Waals surface area contributed by atoms with E-state index in [-0.39, 0.29) is 0 Å². The van der Waals surface area contributed by atoms with Crippen LogP contribution in [-0.4, -0.2) is 27.9 Å². The van der Waals surface area contributed by atoms with Gasteiger partial charge in [-0.3, -0.25) is 4.68 Å². The fourth-order valence-electron chi connectivity index (χ4n) is 1.06. The van der Waals surface area contributed by atoms with Gasteiger partial charge in [0.05, 0.1) is 6.54 Å². The van der Waals surface area contributed by atoms with E-state index in [2.05, 4.69) is 29.2 Å². The van der Waals surface area contributed by atoms with Crippen LogP contribution in [0.15, 0.2) is 12.7 Å². The second kappa shape index (κ2) is 5.70. The van der Waals surface area contributed by atoms with Gasteiger partial charge in [-0.15, -0.1) is 0 Å². The first kappa shape index (κ1) is 10.2. The Bertz CT molecular complexity index is 205. The molecule has 4 nitrogen and oxygen atoms in total. The van der Waals surface area contributed by atoms with Crippen molar-refractivity contribution < 1.29 is 0 Å². The molecule has 0 saturated carbocycles. The molecule has 1 heterocycles. The fourth-order valence-corrected chi connectivity index (χ4v) is 1.06. The molecular weight excluding hydrogens is 164 g/mol. The summed E-state index contributed by atoms with van der Waals surface area (Å²) in [5.41, 5.74) is 0. The van der Waals surface area contributed by atoms with Crippen molar-refractivity contribution in [3.8, 4) is 0 Å². The van der Waals surface area contributed by atoms with E-state index in [0.717, 1.165) is 25.6 Å². The van der Waals surface area contributed by atoms with Gasteiger partial charge in [0.1, 0.15) is 12.7 Å². The molecule has 0 saturated heterocycles. The van der Waals surface area contributed by atoms with E-state index in [9.17, 15) is 0 Å². The molecule has 0 aromatic carbocycles. The average Bonchev–Trinajstić information content (AvgIpc) is 2.55. The Morgan fingerprint density at radius 1 is 1.38 bits per heavy atom. The number of aromatic nitrogens is 3. The van der Waals surface area contributed by atoms with Gasteiger partial charge in [-0.25, -0.2) is 4.98 Å². The Hall–Kier alpha value is -0.900. The average molecular weight is 182 g/mol. The van der Waals surface area contributed by atoms with E-state index >= 15 is 0 Å². The number of nitrogens with zero attached hydrogens (tertiary/aromatic N) is 3. The SMILES string of the molecule is CC(C)CCNCCn1cncn1. The minimum atomic E-state index is 0.777. The number of hydrogen-bond donors (Lipinski definition) is 1. The predicted octanol–water partition coefficient (Wildman–Crippen LogP) is 0.914. The summed E-state index contributed by atoms with van der Waals surface area (Å²) in [6.07, 6.45) is 4.54. The molecule has 0 atom stereocenters. The summed E-state index contributed by atoms with van der Waals surface area (Å²) in [6.45, 7) is 7.43. The summed E-state index contributed by atoms with van der Waals surface area (Å²) < 4.78 is 1.84. The van der Waals surface area contributed by atoms with Crippen molar-refractivity contribution in [2.45, 2.75) is 26.8 Å². The Kier molecular flexibility index (Phi) is 4.46. The Balaban J connectivity index is 1.96. The highest BCUT2D eigenvalue weighted by atomic mass is 15.3. The van der Waals surface area contributed by atoms with E-state index in [0.29, 0.717) is 0 Å². The maximum atomic E-state index is 4.01. The molecule has 0 fully saturated rings. The van der Waals surface area contributed by atoms with Gasteiger partial charge in [-0.2, -0.15) is 5.10 Å². The highest BCUT2D eigenvalue weighted by Gasteiger charge is 1.93. The van der Waals surface area contributed by atoms with Crippen LogP contribution in [0.1, 0.15) is 20.3 Å². The second-order valence-corrected chi connectivity index (χ2v) is 3.59. The van der Waals surface area contributed by atoms with Crippen molar-refractivity contribution in [2.24, 2.45) is 5.92 Å². The van der Waals surface area contributed by atoms with Gasteiger partial charge in [0.15, 0.2) is 0 Å². The van der Waals surface area contributed by atoms with E-state index in [1.54, 1.807) is 12.7 Å². The van der Waals surface area contributed by atoms with Gasteiger partial charge < -0.3 is 5.32 Å². The normalized spacial score (nSPS) is 11.0. The van der Waals surface area contributed by atoms with Crippen molar-refractivity contribution in [1.29, 1.82) is 0 Å². The zero-order valence-corrected chi connectivity index (χ0v) is 8.40. The van der Waals surface area contributed by atoms with Crippen LogP contribution < -0.4 is 5.32 Å². The summed E-state index contributed by atoms with van der Waals surface area (Å²) in [4.78, 5) is 3.87. The molecule has 0 radical (unpaired) electrons. The predicted molar refractivity (Wildman–Crippen MR) is 52.3 cm³/mol. The minimum Gasteiger partial charge on any atom is -0.315 e. The van der Waals surface area contributed by atoms with E-state index in [1.165, 1.54) is 6.42 Å². The molecule has 13 heavy (non-hydrogen) atoms. The van der Waals surface area contributed by atoms with Crippen LogP contribution in [0.25, 0.3) is 0 Å². The molecule has 0 spiro atoms. The number of nitrogens with one attached hydrogen (secondary N) is 1. The van der Waals surface area contributed by atoms with Gasteiger partial charge in [-0.1, -0.05) is 13.8 Å². The third-order valence-electron chi connectivity index (χ3n) is 1.88. The first-order valence-corrected chi connectivity index (χ1v) is 4.82. The quantitative estimate of drug-likeness (QED) is 0.665. The largest absolute Gasteiger partial charge is 0.315 e. The summed E-state index contributed by atoms with van der Waals surface area (Å²) in [6, 6.07) is 0. The standard InChI is InChI=1S/C9H18N4/c1-9(2)3-4-10-5-6-13-8-11-7-12-13/h7-10H,3-6H2,1-2H3. The molecule has 0 aliphatic rings. The van der Waals surface area contributed by atoms with Gasteiger partial charge >= 0.3 is 0 Å². The van der Waals surface area contributed by atoms with Gasteiger partial charge in [0.2, 0.25) is 0 Å². The Morgan fingerprint density at radius 3 is 2.85 bits per heavy atom. The number of rotatable bonds is 6. The molecule has 74 valence electrons. The zero-order valence-electron chi connectivity index (χ0n) is 8.40. The monoisotopic (exact) mass is 182 g/mol.